The number of rotatable bonds is 6. The molecule has 0 radical (unpaired) electrons. The molecule has 7 heteroatoms. The standard InChI is InChI=1S/C22H21NO5S/c1-13-5-7-14(8-6-13)18-12-29-21(19(18)22(25)28-4)23-20(24)15-9-16(26-2)11-17(10-15)27-3/h5-12H,1-4H3,(H,23,24). The van der Waals surface area contributed by atoms with Crippen LogP contribution in [0, 0.1) is 6.92 Å². The topological polar surface area (TPSA) is 73.9 Å². The summed E-state index contributed by atoms with van der Waals surface area (Å²) < 4.78 is 15.4. The highest BCUT2D eigenvalue weighted by molar-refractivity contribution is 7.15. The van der Waals surface area contributed by atoms with E-state index in [1.54, 1.807) is 18.2 Å². The molecule has 150 valence electrons. The van der Waals surface area contributed by atoms with Crippen LogP contribution in [-0.4, -0.2) is 33.2 Å². The molecule has 6 nitrogen and oxygen atoms in total. The van der Waals surface area contributed by atoms with Crippen molar-refractivity contribution < 1.29 is 23.8 Å². The van der Waals surface area contributed by atoms with E-state index in [1.165, 1.54) is 32.7 Å². The van der Waals surface area contributed by atoms with Crippen molar-refractivity contribution in [3.8, 4) is 22.6 Å². The number of carbonyl (C=O) groups excluding carboxylic acids is 2. The molecule has 0 aliphatic carbocycles. The molecule has 0 aliphatic heterocycles. The molecule has 0 atom stereocenters. The Hall–Kier alpha value is -3.32. The van der Waals surface area contributed by atoms with E-state index in [2.05, 4.69) is 5.32 Å². The van der Waals surface area contributed by atoms with Gasteiger partial charge in [-0.05, 0) is 24.6 Å². The van der Waals surface area contributed by atoms with Crippen LogP contribution in [0.2, 0.25) is 0 Å². The number of hydrogen-bond donors (Lipinski definition) is 1. The Morgan fingerprint density at radius 2 is 1.55 bits per heavy atom. The maximum absolute atomic E-state index is 12.8. The molecule has 1 aromatic heterocycles. The SMILES string of the molecule is COC(=O)c1c(-c2ccc(C)cc2)csc1NC(=O)c1cc(OC)cc(OC)c1. The second-order valence-electron chi connectivity index (χ2n) is 6.27. The number of ether oxygens (including phenoxy) is 3. The van der Waals surface area contributed by atoms with Crippen molar-refractivity contribution in [1.82, 2.24) is 0 Å². The van der Waals surface area contributed by atoms with Gasteiger partial charge in [0.05, 0.1) is 21.3 Å². The first-order valence-corrected chi connectivity index (χ1v) is 9.66. The fourth-order valence-corrected chi connectivity index (χ4v) is 3.77. The van der Waals surface area contributed by atoms with Crippen molar-refractivity contribution in [2.24, 2.45) is 0 Å². The molecular formula is C22H21NO5S. The predicted molar refractivity (Wildman–Crippen MR) is 113 cm³/mol. The summed E-state index contributed by atoms with van der Waals surface area (Å²) in [5.74, 6) is 0.0911. The Balaban J connectivity index is 1.98. The Morgan fingerprint density at radius 3 is 2.10 bits per heavy atom. The number of aryl methyl sites for hydroxylation is 1. The summed E-state index contributed by atoms with van der Waals surface area (Å²) in [6, 6.07) is 12.7. The van der Waals surface area contributed by atoms with Crippen molar-refractivity contribution in [2.75, 3.05) is 26.6 Å². The molecule has 0 saturated heterocycles. The number of amides is 1. The second kappa shape index (κ2) is 8.79. The highest BCUT2D eigenvalue weighted by atomic mass is 32.1. The number of carbonyl (C=O) groups is 2. The zero-order valence-electron chi connectivity index (χ0n) is 16.6. The molecule has 1 amide bonds. The third kappa shape index (κ3) is 4.41. The zero-order chi connectivity index (χ0) is 21.0. The fraction of sp³-hybridized carbons (Fsp3) is 0.182. The monoisotopic (exact) mass is 411 g/mol. The second-order valence-corrected chi connectivity index (χ2v) is 7.15. The lowest BCUT2D eigenvalue weighted by Gasteiger charge is -2.10. The maximum atomic E-state index is 12.8. The summed E-state index contributed by atoms with van der Waals surface area (Å²) in [6.45, 7) is 1.99. The van der Waals surface area contributed by atoms with Gasteiger partial charge in [-0.25, -0.2) is 4.79 Å². The normalized spacial score (nSPS) is 10.3. The minimum absolute atomic E-state index is 0.324. The molecule has 1 heterocycles. The molecule has 0 fully saturated rings. The van der Waals surface area contributed by atoms with Crippen molar-refractivity contribution in [3.63, 3.8) is 0 Å². The number of nitrogens with one attached hydrogen (secondary N) is 1. The summed E-state index contributed by atoms with van der Waals surface area (Å²) in [7, 11) is 4.34. The number of benzene rings is 2. The van der Waals surface area contributed by atoms with E-state index < -0.39 is 5.97 Å². The van der Waals surface area contributed by atoms with Gasteiger partial charge in [-0.2, -0.15) is 0 Å². The average molecular weight is 411 g/mol. The zero-order valence-corrected chi connectivity index (χ0v) is 17.4. The van der Waals surface area contributed by atoms with Crippen molar-refractivity contribution in [3.05, 3.63) is 64.5 Å². The van der Waals surface area contributed by atoms with Crippen molar-refractivity contribution in [1.29, 1.82) is 0 Å². The van der Waals surface area contributed by atoms with Crippen LogP contribution in [0.1, 0.15) is 26.3 Å². The van der Waals surface area contributed by atoms with Gasteiger partial charge < -0.3 is 19.5 Å². The summed E-state index contributed by atoms with van der Waals surface area (Å²) in [4.78, 5) is 25.3. The van der Waals surface area contributed by atoms with E-state index in [0.717, 1.165) is 11.1 Å². The van der Waals surface area contributed by atoms with Crippen LogP contribution >= 0.6 is 11.3 Å². The number of methoxy groups -OCH3 is 3. The van der Waals surface area contributed by atoms with Gasteiger partial charge in [0.15, 0.2) is 0 Å². The molecule has 0 saturated carbocycles. The lowest BCUT2D eigenvalue weighted by molar-refractivity contribution is 0.0603. The first kappa shape index (κ1) is 20.4. The van der Waals surface area contributed by atoms with Gasteiger partial charge in [-0.3, -0.25) is 4.79 Å². The van der Waals surface area contributed by atoms with Crippen LogP contribution in [0.3, 0.4) is 0 Å². The summed E-state index contributed by atoms with van der Waals surface area (Å²) in [5, 5.41) is 5.06. The first-order valence-electron chi connectivity index (χ1n) is 8.78. The third-order valence-corrected chi connectivity index (χ3v) is 5.28. The minimum atomic E-state index is -0.514. The van der Waals surface area contributed by atoms with Crippen LogP contribution in [0.5, 0.6) is 11.5 Å². The van der Waals surface area contributed by atoms with Crippen molar-refractivity contribution in [2.45, 2.75) is 6.92 Å². The number of hydrogen-bond acceptors (Lipinski definition) is 6. The van der Waals surface area contributed by atoms with E-state index in [9.17, 15) is 9.59 Å². The highest BCUT2D eigenvalue weighted by Crippen LogP contribution is 2.36. The Labute approximate surface area is 173 Å². The lowest BCUT2D eigenvalue weighted by atomic mass is 10.0. The van der Waals surface area contributed by atoms with Crippen LogP contribution in [0.25, 0.3) is 11.1 Å². The van der Waals surface area contributed by atoms with Gasteiger partial charge in [-0.15, -0.1) is 11.3 Å². The van der Waals surface area contributed by atoms with Gasteiger partial charge in [0.2, 0.25) is 0 Å². The molecule has 0 bridgehead atoms. The molecule has 3 rings (SSSR count). The van der Waals surface area contributed by atoms with E-state index in [1.807, 2.05) is 36.6 Å². The Morgan fingerprint density at radius 1 is 0.931 bits per heavy atom. The van der Waals surface area contributed by atoms with Crippen LogP contribution < -0.4 is 14.8 Å². The van der Waals surface area contributed by atoms with E-state index in [4.69, 9.17) is 14.2 Å². The molecular weight excluding hydrogens is 390 g/mol. The predicted octanol–water partition coefficient (Wildman–Crippen LogP) is 4.78. The molecule has 0 spiro atoms. The molecule has 2 aromatic carbocycles. The Bertz CT molecular complexity index is 1020. The quantitative estimate of drug-likeness (QED) is 0.591. The molecule has 0 unspecified atom stereocenters. The number of anilines is 1. The minimum Gasteiger partial charge on any atom is -0.497 e. The van der Waals surface area contributed by atoms with Crippen molar-refractivity contribution >= 4 is 28.2 Å². The van der Waals surface area contributed by atoms with E-state index >= 15 is 0 Å². The highest BCUT2D eigenvalue weighted by Gasteiger charge is 2.23. The third-order valence-electron chi connectivity index (χ3n) is 4.38. The fourth-order valence-electron chi connectivity index (χ4n) is 2.81. The maximum Gasteiger partial charge on any atom is 0.341 e. The summed E-state index contributed by atoms with van der Waals surface area (Å²) in [5.41, 5.74) is 3.37. The van der Waals surface area contributed by atoms with Gasteiger partial charge in [0, 0.05) is 22.6 Å². The summed E-state index contributed by atoms with van der Waals surface area (Å²) >= 11 is 1.27. The van der Waals surface area contributed by atoms with Gasteiger partial charge in [0.1, 0.15) is 22.1 Å². The average Bonchev–Trinajstić information content (AvgIpc) is 3.16. The van der Waals surface area contributed by atoms with E-state index in [-0.39, 0.29) is 5.91 Å². The van der Waals surface area contributed by atoms with Crippen LogP contribution in [0.15, 0.2) is 47.8 Å². The number of esters is 1. The number of thiophene rings is 1. The van der Waals surface area contributed by atoms with Crippen LogP contribution in [-0.2, 0) is 4.74 Å². The van der Waals surface area contributed by atoms with Gasteiger partial charge >= 0.3 is 5.97 Å². The van der Waals surface area contributed by atoms with E-state index in [0.29, 0.717) is 33.2 Å². The largest absolute Gasteiger partial charge is 0.497 e. The molecule has 0 aliphatic rings. The van der Waals surface area contributed by atoms with Gasteiger partial charge in [0.25, 0.3) is 5.91 Å². The first-order chi connectivity index (χ1) is 14.0. The smallest absolute Gasteiger partial charge is 0.341 e. The molecule has 29 heavy (non-hydrogen) atoms. The summed E-state index contributed by atoms with van der Waals surface area (Å²) in [6.07, 6.45) is 0. The van der Waals surface area contributed by atoms with Gasteiger partial charge in [-0.1, -0.05) is 29.8 Å². The van der Waals surface area contributed by atoms with Crippen LogP contribution in [0.4, 0.5) is 5.00 Å². The lowest BCUT2D eigenvalue weighted by Crippen LogP contribution is -2.14. The molecule has 3 aromatic rings. The molecule has 1 N–H and O–H groups in total. The Kier molecular flexibility index (Phi) is 6.19.